The van der Waals surface area contributed by atoms with Gasteiger partial charge in [-0.3, -0.25) is 13.9 Å². The Morgan fingerprint density at radius 1 is 1.00 bits per heavy atom. The number of hydrogen-bond acceptors (Lipinski definition) is 5. The van der Waals surface area contributed by atoms with Crippen LogP contribution in [0.3, 0.4) is 0 Å². The molecule has 0 aromatic heterocycles. The van der Waals surface area contributed by atoms with Crippen molar-refractivity contribution in [1.29, 1.82) is 0 Å². The Bertz CT molecular complexity index is 1500. The lowest BCUT2D eigenvalue weighted by molar-refractivity contribution is -0.142. The highest BCUT2D eigenvalue weighted by Crippen LogP contribution is 2.30. The predicted octanol–water partition coefficient (Wildman–Crippen LogP) is 5.59. The molecule has 2 amide bonds. The first-order chi connectivity index (χ1) is 20.2. The maximum atomic E-state index is 13.9. The van der Waals surface area contributed by atoms with E-state index in [2.05, 4.69) is 5.32 Å². The molecule has 11 heteroatoms. The second-order valence-corrected chi connectivity index (χ2v) is 13.7. The third-order valence-corrected chi connectivity index (χ3v) is 8.10. The number of halogens is 2. The maximum Gasteiger partial charge on any atom is 0.243 e. The second kappa shape index (κ2) is 14.7. The molecule has 0 saturated heterocycles. The van der Waals surface area contributed by atoms with Crippen LogP contribution in [-0.4, -0.2) is 56.6 Å². The van der Waals surface area contributed by atoms with E-state index in [1.54, 1.807) is 24.3 Å². The zero-order valence-electron chi connectivity index (χ0n) is 25.1. The van der Waals surface area contributed by atoms with Gasteiger partial charge in [0, 0.05) is 31.5 Å². The third kappa shape index (κ3) is 10.2. The SMILES string of the molecule is COc1ccc(N(CCCC(=O)N(Cc2ccc(F)cc2)[C@H](Cc2ccccc2)C(=O)NC(C)(C)C)S(C)(=O)=O)cc1Cl. The number of carbonyl (C=O) groups excluding carboxylic acids is 2. The fraction of sp³-hybridized carbons (Fsp3) is 0.375. The van der Waals surface area contributed by atoms with Crippen molar-refractivity contribution in [3.05, 3.63) is 94.8 Å². The molecule has 3 rings (SSSR count). The molecule has 0 fully saturated rings. The molecule has 0 aliphatic carbocycles. The highest BCUT2D eigenvalue weighted by atomic mass is 35.5. The maximum absolute atomic E-state index is 13.9. The van der Waals surface area contributed by atoms with Gasteiger partial charge in [-0.05, 0) is 68.7 Å². The minimum atomic E-state index is -3.71. The molecule has 0 spiro atoms. The van der Waals surface area contributed by atoms with Crippen LogP contribution in [0.5, 0.6) is 5.75 Å². The van der Waals surface area contributed by atoms with Gasteiger partial charge in [-0.25, -0.2) is 12.8 Å². The van der Waals surface area contributed by atoms with Crippen LogP contribution in [0, 0.1) is 5.82 Å². The number of methoxy groups -OCH3 is 1. The van der Waals surface area contributed by atoms with Gasteiger partial charge in [0.25, 0.3) is 0 Å². The van der Waals surface area contributed by atoms with Crippen molar-refractivity contribution in [2.24, 2.45) is 0 Å². The van der Waals surface area contributed by atoms with E-state index in [9.17, 15) is 22.4 Å². The highest BCUT2D eigenvalue weighted by molar-refractivity contribution is 7.92. The number of nitrogens with zero attached hydrogens (tertiary/aromatic N) is 2. The van der Waals surface area contributed by atoms with Crippen LogP contribution in [0.4, 0.5) is 10.1 Å². The van der Waals surface area contributed by atoms with E-state index in [-0.39, 0.29) is 49.2 Å². The Morgan fingerprint density at radius 2 is 1.65 bits per heavy atom. The summed E-state index contributed by atoms with van der Waals surface area (Å²) in [5, 5.41) is 3.25. The summed E-state index contributed by atoms with van der Waals surface area (Å²) in [5.74, 6) is -0.663. The molecule has 8 nitrogen and oxygen atoms in total. The molecule has 0 aliphatic rings. The van der Waals surface area contributed by atoms with Crippen molar-refractivity contribution in [3.63, 3.8) is 0 Å². The van der Waals surface area contributed by atoms with Crippen molar-refractivity contribution < 1.29 is 27.1 Å². The van der Waals surface area contributed by atoms with Crippen LogP contribution in [-0.2, 0) is 32.6 Å². The number of hydrogen-bond donors (Lipinski definition) is 1. The van der Waals surface area contributed by atoms with Gasteiger partial charge in [0.2, 0.25) is 21.8 Å². The molecule has 0 aliphatic heterocycles. The van der Waals surface area contributed by atoms with Crippen LogP contribution in [0.15, 0.2) is 72.8 Å². The molecule has 43 heavy (non-hydrogen) atoms. The number of benzene rings is 3. The molecule has 0 radical (unpaired) electrons. The lowest BCUT2D eigenvalue weighted by atomic mass is 10.00. The first kappa shape index (κ1) is 33.9. The zero-order chi connectivity index (χ0) is 31.8. The molecule has 0 saturated carbocycles. The number of ether oxygens (including phenoxy) is 1. The number of carbonyl (C=O) groups is 2. The van der Waals surface area contributed by atoms with Gasteiger partial charge in [0.15, 0.2) is 0 Å². The Balaban J connectivity index is 1.90. The van der Waals surface area contributed by atoms with Crippen LogP contribution in [0.25, 0.3) is 0 Å². The normalized spacial score (nSPS) is 12.3. The topological polar surface area (TPSA) is 96.0 Å². The molecule has 3 aromatic rings. The number of nitrogens with one attached hydrogen (secondary N) is 1. The number of amides is 2. The van der Waals surface area contributed by atoms with Crippen LogP contribution >= 0.6 is 11.6 Å². The van der Waals surface area contributed by atoms with Crippen molar-refractivity contribution in [2.45, 2.75) is 58.2 Å². The summed E-state index contributed by atoms with van der Waals surface area (Å²) < 4.78 is 45.4. The van der Waals surface area contributed by atoms with Crippen LogP contribution in [0.2, 0.25) is 5.02 Å². The number of sulfonamides is 1. The molecule has 1 atom stereocenters. The van der Waals surface area contributed by atoms with E-state index in [4.69, 9.17) is 16.3 Å². The van der Waals surface area contributed by atoms with Gasteiger partial charge in [0.05, 0.1) is 24.1 Å². The van der Waals surface area contributed by atoms with E-state index < -0.39 is 27.4 Å². The summed E-state index contributed by atoms with van der Waals surface area (Å²) in [4.78, 5) is 29.0. The van der Waals surface area contributed by atoms with Crippen molar-refractivity contribution in [2.75, 3.05) is 24.2 Å². The van der Waals surface area contributed by atoms with Gasteiger partial charge < -0.3 is 15.0 Å². The third-order valence-electron chi connectivity index (χ3n) is 6.61. The minimum Gasteiger partial charge on any atom is -0.495 e. The van der Waals surface area contributed by atoms with Crippen LogP contribution in [0.1, 0.15) is 44.7 Å². The quantitative estimate of drug-likeness (QED) is 0.265. The average molecular weight is 632 g/mol. The van der Waals surface area contributed by atoms with E-state index >= 15 is 0 Å². The fourth-order valence-electron chi connectivity index (χ4n) is 4.61. The summed E-state index contributed by atoms with van der Waals surface area (Å²) in [6, 6.07) is 19.0. The lowest BCUT2D eigenvalue weighted by Crippen LogP contribution is -2.54. The second-order valence-electron chi connectivity index (χ2n) is 11.4. The predicted molar refractivity (Wildman–Crippen MR) is 168 cm³/mol. The van der Waals surface area contributed by atoms with Gasteiger partial charge >= 0.3 is 0 Å². The van der Waals surface area contributed by atoms with Crippen molar-refractivity contribution >= 4 is 39.1 Å². The smallest absolute Gasteiger partial charge is 0.243 e. The molecule has 0 heterocycles. The summed E-state index contributed by atoms with van der Waals surface area (Å²) in [5.41, 5.74) is 1.32. The minimum absolute atomic E-state index is 0.00909. The van der Waals surface area contributed by atoms with E-state index in [1.807, 2.05) is 51.1 Å². The Kier molecular flexibility index (Phi) is 11.6. The first-order valence-corrected chi connectivity index (χ1v) is 16.1. The number of rotatable bonds is 13. The van der Waals surface area contributed by atoms with Gasteiger partial charge in [-0.15, -0.1) is 0 Å². The van der Waals surface area contributed by atoms with Gasteiger partial charge in [-0.1, -0.05) is 54.1 Å². The molecule has 232 valence electrons. The molecule has 0 bridgehead atoms. The summed E-state index contributed by atoms with van der Waals surface area (Å²) in [7, 11) is -2.24. The van der Waals surface area contributed by atoms with Gasteiger partial charge in [-0.2, -0.15) is 0 Å². The molecule has 3 aromatic carbocycles. The standard InChI is InChI=1S/C32H39ClFN3O5S/c1-32(2,3)35-31(39)28(20-23-10-7-6-8-11-23)36(22-24-13-15-25(34)16-14-24)30(38)12-9-19-37(43(5,40)41)26-17-18-29(42-4)27(33)21-26/h6-8,10-11,13-18,21,28H,9,12,19-20,22H2,1-5H3,(H,35,39)/t28-/m1/s1. The lowest BCUT2D eigenvalue weighted by Gasteiger charge is -2.34. The highest BCUT2D eigenvalue weighted by Gasteiger charge is 2.32. The Morgan fingerprint density at radius 3 is 2.21 bits per heavy atom. The Labute approximate surface area is 258 Å². The van der Waals surface area contributed by atoms with E-state index in [1.165, 1.54) is 34.5 Å². The molecular weight excluding hydrogens is 593 g/mol. The summed E-state index contributed by atoms with van der Waals surface area (Å²) in [6.07, 6.45) is 1.48. The summed E-state index contributed by atoms with van der Waals surface area (Å²) >= 11 is 6.24. The number of anilines is 1. The molecule has 0 unspecified atom stereocenters. The summed E-state index contributed by atoms with van der Waals surface area (Å²) in [6.45, 7) is 5.67. The van der Waals surface area contributed by atoms with Crippen molar-refractivity contribution in [1.82, 2.24) is 10.2 Å². The van der Waals surface area contributed by atoms with Gasteiger partial charge in [0.1, 0.15) is 17.6 Å². The fourth-order valence-corrected chi connectivity index (χ4v) is 5.82. The first-order valence-electron chi connectivity index (χ1n) is 13.9. The monoisotopic (exact) mass is 631 g/mol. The molecular formula is C32H39ClFN3O5S. The molecule has 1 N–H and O–H groups in total. The Hall–Kier alpha value is -3.63. The zero-order valence-corrected chi connectivity index (χ0v) is 26.7. The largest absolute Gasteiger partial charge is 0.495 e. The van der Waals surface area contributed by atoms with Crippen LogP contribution < -0.4 is 14.4 Å². The van der Waals surface area contributed by atoms with E-state index in [0.717, 1.165) is 11.8 Å². The van der Waals surface area contributed by atoms with E-state index in [0.29, 0.717) is 17.0 Å². The van der Waals surface area contributed by atoms with Crippen molar-refractivity contribution in [3.8, 4) is 5.75 Å². The average Bonchev–Trinajstić information content (AvgIpc) is 2.92.